The fraction of sp³-hybridized carbons (Fsp3) is 0.214. The third-order valence-electron chi connectivity index (χ3n) is 2.48. The molecule has 0 saturated carbocycles. The van der Waals surface area contributed by atoms with E-state index in [2.05, 4.69) is 4.72 Å². The predicted octanol–water partition coefficient (Wildman–Crippen LogP) is 3.11. The lowest BCUT2D eigenvalue weighted by Gasteiger charge is -2.09. The number of rotatable bonds is 5. The van der Waals surface area contributed by atoms with Gasteiger partial charge in [0.15, 0.2) is 0 Å². The minimum atomic E-state index is -3.57. The molecule has 2 aromatic rings. The van der Waals surface area contributed by atoms with E-state index in [4.69, 9.17) is 4.74 Å². The first-order valence-electron chi connectivity index (χ1n) is 6.26. The maximum absolute atomic E-state index is 12.0. The van der Waals surface area contributed by atoms with Gasteiger partial charge in [-0.05, 0) is 49.6 Å². The molecule has 0 fully saturated rings. The first-order chi connectivity index (χ1) is 9.88. The molecule has 1 N–H and O–H groups in total. The second kappa shape index (κ2) is 6.28. The summed E-state index contributed by atoms with van der Waals surface area (Å²) in [7, 11) is -3.57. The van der Waals surface area contributed by atoms with Crippen molar-refractivity contribution in [1.82, 2.24) is 0 Å². The van der Waals surface area contributed by atoms with Gasteiger partial charge in [-0.3, -0.25) is 4.72 Å². The van der Waals surface area contributed by atoms with Crippen molar-refractivity contribution in [1.29, 1.82) is 0 Å². The second-order valence-electron chi connectivity index (χ2n) is 4.57. The van der Waals surface area contributed by atoms with Crippen molar-refractivity contribution in [2.45, 2.75) is 24.2 Å². The van der Waals surface area contributed by atoms with E-state index in [1.54, 1.807) is 25.3 Å². The van der Waals surface area contributed by atoms with Gasteiger partial charge < -0.3 is 4.74 Å². The minimum Gasteiger partial charge on any atom is -0.459 e. The van der Waals surface area contributed by atoms with Crippen molar-refractivity contribution in [2.75, 3.05) is 4.72 Å². The summed E-state index contributed by atoms with van der Waals surface area (Å²) in [5.41, 5.74) is 0.771. The average molecular weight is 325 g/mol. The van der Waals surface area contributed by atoms with Crippen LogP contribution in [0.3, 0.4) is 0 Å². The number of nitrogens with one attached hydrogen (secondary N) is 1. The summed E-state index contributed by atoms with van der Waals surface area (Å²) in [5.74, 6) is -0.433. The molecule has 0 unspecified atom stereocenters. The lowest BCUT2D eigenvalue weighted by molar-refractivity contribution is 0.0378. The zero-order valence-electron chi connectivity index (χ0n) is 11.6. The van der Waals surface area contributed by atoms with Gasteiger partial charge in [0, 0.05) is 5.69 Å². The fourth-order valence-corrected chi connectivity index (χ4v) is 3.63. The Hall–Kier alpha value is -1.86. The molecule has 0 atom stereocenters. The van der Waals surface area contributed by atoms with Crippen molar-refractivity contribution in [2.24, 2.45) is 0 Å². The molecule has 21 heavy (non-hydrogen) atoms. The Bertz CT molecular complexity index is 704. The topological polar surface area (TPSA) is 72.5 Å². The number of hydrogen-bond donors (Lipinski definition) is 1. The first-order valence-corrected chi connectivity index (χ1v) is 8.62. The van der Waals surface area contributed by atoms with Crippen LogP contribution in [-0.2, 0) is 14.8 Å². The molecule has 0 spiro atoms. The average Bonchev–Trinajstić information content (AvgIpc) is 2.93. The van der Waals surface area contributed by atoms with E-state index < -0.39 is 16.0 Å². The Kier molecular flexibility index (Phi) is 4.64. The molecule has 0 aliphatic rings. The molecule has 2 rings (SSSR count). The molecule has 0 saturated heterocycles. The van der Waals surface area contributed by atoms with E-state index in [1.165, 1.54) is 30.3 Å². The number of esters is 1. The quantitative estimate of drug-likeness (QED) is 0.857. The lowest BCUT2D eigenvalue weighted by atomic mass is 10.2. The van der Waals surface area contributed by atoms with E-state index in [0.717, 1.165) is 11.3 Å². The SMILES string of the molecule is CC(C)OC(=O)c1ccc(NS(=O)(=O)c2cccs2)cc1. The summed E-state index contributed by atoms with van der Waals surface area (Å²) in [4.78, 5) is 11.7. The third-order valence-corrected chi connectivity index (χ3v) is 5.25. The highest BCUT2D eigenvalue weighted by atomic mass is 32.2. The van der Waals surface area contributed by atoms with E-state index >= 15 is 0 Å². The standard InChI is InChI=1S/C14H15NO4S2/c1-10(2)19-14(16)11-5-7-12(8-6-11)15-21(17,18)13-4-3-9-20-13/h3-10,15H,1-2H3. The van der Waals surface area contributed by atoms with Gasteiger partial charge in [-0.2, -0.15) is 0 Å². The summed E-state index contributed by atoms with van der Waals surface area (Å²) in [5, 5.41) is 1.69. The maximum Gasteiger partial charge on any atom is 0.338 e. The van der Waals surface area contributed by atoms with E-state index in [-0.39, 0.29) is 10.3 Å². The highest BCUT2D eigenvalue weighted by Gasteiger charge is 2.15. The lowest BCUT2D eigenvalue weighted by Crippen LogP contribution is -2.13. The normalized spacial score (nSPS) is 11.4. The highest BCUT2D eigenvalue weighted by molar-refractivity contribution is 7.94. The zero-order chi connectivity index (χ0) is 15.5. The van der Waals surface area contributed by atoms with Gasteiger partial charge in [0.25, 0.3) is 10.0 Å². The number of anilines is 1. The Morgan fingerprint density at radius 1 is 1.19 bits per heavy atom. The van der Waals surface area contributed by atoms with Crippen LogP contribution in [0.4, 0.5) is 5.69 Å². The zero-order valence-corrected chi connectivity index (χ0v) is 13.2. The molecular weight excluding hydrogens is 310 g/mol. The van der Waals surface area contributed by atoms with Crippen LogP contribution in [0.1, 0.15) is 24.2 Å². The molecular formula is C14H15NO4S2. The van der Waals surface area contributed by atoms with Crippen LogP contribution in [0.15, 0.2) is 46.0 Å². The molecule has 0 radical (unpaired) electrons. The molecule has 0 amide bonds. The van der Waals surface area contributed by atoms with Crippen LogP contribution in [0.2, 0.25) is 0 Å². The Morgan fingerprint density at radius 2 is 1.86 bits per heavy atom. The Balaban J connectivity index is 2.11. The van der Waals surface area contributed by atoms with Gasteiger partial charge in [-0.25, -0.2) is 13.2 Å². The van der Waals surface area contributed by atoms with Crippen molar-refractivity contribution < 1.29 is 17.9 Å². The van der Waals surface area contributed by atoms with E-state index in [0.29, 0.717) is 11.3 Å². The number of sulfonamides is 1. The molecule has 112 valence electrons. The smallest absolute Gasteiger partial charge is 0.338 e. The number of thiophene rings is 1. The van der Waals surface area contributed by atoms with Crippen molar-refractivity contribution in [3.8, 4) is 0 Å². The number of hydrogen-bond acceptors (Lipinski definition) is 5. The number of carbonyl (C=O) groups is 1. The monoisotopic (exact) mass is 325 g/mol. The van der Waals surface area contributed by atoms with Crippen molar-refractivity contribution in [3.05, 3.63) is 47.3 Å². The summed E-state index contributed by atoms with van der Waals surface area (Å²) in [6.45, 7) is 3.53. The number of carbonyl (C=O) groups excluding carboxylic acids is 1. The second-order valence-corrected chi connectivity index (χ2v) is 7.43. The minimum absolute atomic E-state index is 0.200. The molecule has 0 bridgehead atoms. The molecule has 0 aliphatic heterocycles. The van der Waals surface area contributed by atoms with Gasteiger partial charge in [0.1, 0.15) is 4.21 Å². The van der Waals surface area contributed by atoms with Gasteiger partial charge >= 0.3 is 5.97 Å². The van der Waals surface area contributed by atoms with Gasteiger partial charge in [0.05, 0.1) is 11.7 Å². The van der Waals surface area contributed by atoms with Crippen LogP contribution in [0.25, 0.3) is 0 Å². The van der Waals surface area contributed by atoms with Gasteiger partial charge in [-0.1, -0.05) is 6.07 Å². The van der Waals surface area contributed by atoms with Crippen LogP contribution in [-0.4, -0.2) is 20.5 Å². The van der Waals surface area contributed by atoms with Gasteiger partial charge in [-0.15, -0.1) is 11.3 Å². The molecule has 5 nitrogen and oxygen atoms in total. The molecule has 1 heterocycles. The molecule has 1 aromatic carbocycles. The van der Waals surface area contributed by atoms with Crippen LogP contribution < -0.4 is 4.72 Å². The Labute approximate surface area is 127 Å². The summed E-state index contributed by atoms with van der Waals surface area (Å²) < 4.78 is 31.8. The van der Waals surface area contributed by atoms with Crippen molar-refractivity contribution in [3.63, 3.8) is 0 Å². The Morgan fingerprint density at radius 3 is 2.38 bits per heavy atom. The fourth-order valence-electron chi connectivity index (χ4n) is 1.58. The maximum atomic E-state index is 12.0. The predicted molar refractivity (Wildman–Crippen MR) is 82.1 cm³/mol. The van der Waals surface area contributed by atoms with E-state index in [9.17, 15) is 13.2 Å². The summed E-state index contributed by atoms with van der Waals surface area (Å²) in [6.07, 6.45) is -0.200. The van der Waals surface area contributed by atoms with Crippen molar-refractivity contribution >= 4 is 33.0 Å². The van der Waals surface area contributed by atoms with E-state index in [1.807, 2.05) is 0 Å². The van der Waals surface area contributed by atoms with Crippen LogP contribution >= 0.6 is 11.3 Å². The third kappa shape index (κ3) is 4.05. The highest BCUT2D eigenvalue weighted by Crippen LogP contribution is 2.20. The van der Waals surface area contributed by atoms with Crippen LogP contribution in [0, 0.1) is 0 Å². The molecule has 0 aliphatic carbocycles. The molecule has 7 heteroatoms. The van der Waals surface area contributed by atoms with Crippen LogP contribution in [0.5, 0.6) is 0 Å². The number of ether oxygens (including phenoxy) is 1. The largest absolute Gasteiger partial charge is 0.459 e. The summed E-state index contributed by atoms with van der Waals surface area (Å²) >= 11 is 1.14. The van der Waals surface area contributed by atoms with Gasteiger partial charge in [0.2, 0.25) is 0 Å². The first kappa shape index (κ1) is 15.5. The molecule has 1 aromatic heterocycles. The number of benzene rings is 1. The summed E-state index contributed by atoms with van der Waals surface area (Å²) in [6, 6.07) is 9.31.